The molecule has 2 aromatic carbocycles. The smallest absolute Gasteiger partial charge is 0.274 e. The third kappa shape index (κ3) is 3.82. The van der Waals surface area contributed by atoms with Gasteiger partial charge in [-0.15, -0.1) is 0 Å². The number of hydrogen-bond acceptors (Lipinski definition) is 4. The molecule has 0 atom stereocenters. The topological polar surface area (TPSA) is 58.1 Å². The molecule has 5 nitrogen and oxygen atoms in total. The van der Waals surface area contributed by atoms with Crippen molar-refractivity contribution in [2.24, 2.45) is 0 Å². The van der Waals surface area contributed by atoms with Crippen LogP contribution < -0.4 is 10.2 Å². The van der Waals surface area contributed by atoms with Gasteiger partial charge in [-0.2, -0.15) is 0 Å². The third-order valence-corrected chi connectivity index (χ3v) is 4.96. The zero-order valence-corrected chi connectivity index (χ0v) is 15.4. The highest BCUT2D eigenvalue weighted by atomic mass is 16.1. The van der Waals surface area contributed by atoms with Crippen LogP contribution in [-0.2, 0) is 19.4 Å². The molecule has 0 unspecified atom stereocenters. The Morgan fingerprint density at radius 3 is 2.63 bits per heavy atom. The predicted molar refractivity (Wildman–Crippen MR) is 107 cm³/mol. The van der Waals surface area contributed by atoms with Gasteiger partial charge in [-0.3, -0.25) is 4.79 Å². The van der Waals surface area contributed by atoms with Crippen LogP contribution in [-0.4, -0.2) is 22.4 Å². The van der Waals surface area contributed by atoms with Gasteiger partial charge in [0.1, 0.15) is 17.8 Å². The first-order chi connectivity index (χ1) is 13.2. The molecule has 0 saturated carbocycles. The molecule has 5 heteroatoms. The van der Waals surface area contributed by atoms with Gasteiger partial charge in [0.25, 0.3) is 5.91 Å². The lowest BCUT2D eigenvalue weighted by molar-refractivity contribution is 0.102. The Bertz CT molecular complexity index is 953. The van der Waals surface area contributed by atoms with Crippen LogP contribution >= 0.6 is 0 Å². The van der Waals surface area contributed by atoms with Gasteiger partial charge in [0.05, 0.1) is 0 Å². The number of carbonyl (C=O) groups is 1. The molecule has 1 aliphatic rings. The molecular weight excluding hydrogens is 336 g/mol. The Morgan fingerprint density at radius 2 is 1.85 bits per heavy atom. The summed E-state index contributed by atoms with van der Waals surface area (Å²) in [6.07, 6.45) is 3.42. The van der Waals surface area contributed by atoms with Gasteiger partial charge < -0.3 is 10.2 Å². The molecule has 3 aromatic rings. The lowest BCUT2D eigenvalue weighted by atomic mass is 10.00. The van der Waals surface area contributed by atoms with Crippen molar-refractivity contribution in [1.29, 1.82) is 0 Å². The predicted octanol–water partition coefficient (Wildman–Crippen LogP) is 3.85. The summed E-state index contributed by atoms with van der Waals surface area (Å²) >= 11 is 0. The molecular formula is C22H22N4O. The lowest BCUT2D eigenvalue weighted by Crippen LogP contribution is -2.31. The SMILES string of the molecule is CCc1ccc(NC(=O)c2cc(N3CCc4ccccc4C3)ncn2)cc1. The largest absolute Gasteiger partial charge is 0.352 e. The van der Waals surface area contributed by atoms with E-state index in [1.54, 1.807) is 6.07 Å². The van der Waals surface area contributed by atoms with Crippen LogP contribution in [0.5, 0.6) is 0 Å². The van der Waals surface area contributed by atoms with Crippen molar-refractivity contribution in [3.63, 3.8) is 0 Å². The molecule has 0 spiro atoms. The van der Waals surface area contributed by atoms with Crippen LogP contribution in [0.25, 0.3) is 0 Å². The third-order valence-electron chi connectivity index (χ3n) is 4.96. The summed E-state index contributed by atoms with van der Waals surface area (Å²) in [7, 11) is 0. The molecule has 0 fully saturated rings. The zero-order valence-electron chi connectivity index (χ0n) is 15.4. The summed E-state index contributed by atoms with van der Waals surface area (Å²) in [4.78, 5) is 23.3. The standard InChI is InChI=1S/C22H22N4O/c1-2-16-7-9-19(10-8-16)25-22(27)20-13-21(24-15-23-20)26-12-11-17-5-3-4-6-18(17)14-26/h3-10,13,15H,2,11-12,14H2,1H3,(H,25,27). The number of carbonyl (C=O) groups excluding carboxylic acids is 1. The highest BCUT2D eigenvalue weighted by Gasteiger charge is 2.18. The van der Waals surface area contributed by atoms with Crippen molar-refractivity contribution in [2.45, 2.75) is 26.3 Å². The van der Waals surface area contributed by atoms with Crippen LogP contribution in [0.1, 0.15) is 34.1 Å². The van der Waals surface area contributed by atoms with Crippen LogP contribution in [0.4, 0.5) is 11.5 Å². The lowest BCUT2D eigenvalue weighted by Gasteiger charge is -2.29. The number of anilines is 2. The minimum absolute atomic E-state index is 0.222. The first-order valence-electron chi connectivity index (χ1n) is 9.27. The summed E-state index contributed by atoms with van der Waals surface area (Å²) in [6, 6.07) is 18.1. The van der Waals surface area contributed by atoms with E-state index < -0.39 is 0 Å². The van der Waals surface area contributed by atoms with Gasteiger partial charge in [-0.05, 0) is 41.7 Å². The average Bonchev–Trinajstić information content (AvgIpc) is 2.74. The van der Waals surface area contributed by atoms with Crippen molar-refractivity contribution in [1.82, 2.24) is 9.97 Å². The molecule has 1 aliphatic heterocycles. The molecule has 136 valence electrons. The summed E-state index contributed by atoms with van der Waals surface area (Å²) in [6.45, 7) is 3.79. The summed E-state index contributed by atoms with van der Waals surface area (Å²) in [5, 5.41) is 2.91. The van der Waals surface area contributed by atoms with Gasteiger partial charge in [0, 0.05) is 24.8 Å². The number of aryl methyl sites for hydroxylation is 1. The van der Waals surface area contributed by atoms with Crippen LogP contribution in [0, 0.1) is 0 Å². The Kier molecular flexibility index (Phi) is 4.83. The van der Waals surface area contributed by atoms with Gasteiger partial charge in [0.2, 0.25) is 0 Å². The van der Waals surface area contributed by atoms with Crippen molar-refractivity contribution >= 4 is 17.4 Å². The maximum atomic E-state index is 12.6. The van der Waals surface area contributed by atoms with Gasteiger partial charge in [0.15, 0.2) is 0 Å². The molecule has 2 heterocycles. The minimum atomic E-state index is -0.222. The summed E-state index contributed by atoms with van der Waals surface area (Å²) in [5.74, 6) is 0.561. The maximum Gasteiger partial charge on any atom is 0.274 e. The molecule has 4 rings (SSSR count). The van der Waals surface area contributed by atoms with Gasteiger partial charge in [-0.1, -0.05) is 43.3 Å². The van der Waals surface area contributed by atoms with Crippen molar-refractivity contribution in [3.05, 3.63) is 83.3 Å². The van der Waals surface area contributed by atoms with Crippen molar-refractivity contribution in [3.8, 4) is 0 Å². The fourth-order valence-electron chi connectivity index (χ4n) is 3.35. The monoisotopic (exact) mass is 358 g/mol. The van der Waals surface area contributed by atoms with E-state index in [1.165, 1.54) is 23.0 Å². The number of fused-ring (bicyclic) bond motifs is 1. The molecule has 1 N–H and O–H groups in total. The minimum Gasteiger partial charge on any atom is -0.352 e. The van der Waals surface area contributed by atoms with E-state index in [2.05, 4.69) is 51.4 Å². The van der Waals surface area contributed by atoms with Crippen LogP contribution in [0.2, 0.25) is 0 Å². The van der Waals surface area contributed by atoms with Crippen molar-refractivity contribution < 1.29 is 4.79 Å². The van der Waals surface area contributed by atoms with Gasteiger partial charge >= 0.3 is 0 Å². The second-order valence-corrected chi connectivity index (χ2v) is 6.71. The van der Waals surface area contributed by atoms with E-state index >= 15 is 0 Å². The quantitative estimate of drug-likeness (QED) is 0.769. The van der Waals surface area contributed by atoms with Crippen LogP contribution in [0.15, 0.2) is 60.9 Å². The molecule has 0 aliphatic carbocycles. The molecule has 1 aromatic heterocycles. The zero-order chi connectivity index (χ0) is 18.6. The highest BCUT2D eigenvalue weighted by Crippen LogP contribution is 2.23. The van der Waals surface area contributed by atoms with E-state index in [0.717, 1.165) is 37.4 Å². The number of nitrogens with one attached hydrogen (secondary N) is 1. The number of amides is 1. The second kappa shape index (κ2) is 7.58. The molecule has 0 saturated heterocycles. The number of hydrogen-bond donors (Lipinski definition) is 1. The number of aromatic nitrogens is 2. The first-order valence-corrected chi connectivity index (χ1v) is 9.27. The summed E-state index contributed by atoms with van der Waals surface area (Å²) in [5.41, 5.74) is 5.08. The number of rotatable bonds is 4. The average molecular weight is 358 g/mol. The Morgan fingerprint density at radius 1 is 1.07 bits per heavy atom. The van der Waals surface area contributed by atoms with E-state index in [9.17, 15) is 4.79 Å². The van der Waals surface area contributed by atoms with E-state index in [0.29, 0.717) is 5.69 Å². The number of benzene rings is 2. The van der Waals surface area contributed by atoms with E-state index in [1.807, 2.05) is 24.3 Å². The first kappa shape index (κ1) is 17.2. The van der Waals surface area contributed by atoms with E-state index in [-0.39, 0.29) is 5.91 Å². The Balaban J connectivity index is 1.49. The Hall–Kier alpha value is -3.21. The fraction of sp³-hybridized carbons (Fsp3) is 0.227. The maximum absolute atomic E-state index is 12.6. The summed E-state index contributed by atoms with van der Waals surface area (Å²) < 4.78 is 0. The number of nitrogens with zero attached hydrogens (tertiary/aromatic N) is 3. The molecule has 0 bridgehead atoms. The van der Waals surface area contributed by atoms with Gasteiger partial charge in [-0.25, -0.2) is 9.97 Å². The highest BCUT2D eigenvalue weighted by molar-refractivity contribution is 6.03. The second-order valence-electron chi connectivity index (χ2n) is 6.71. The molecule has 1 amide bonds. The van der Waals surface area contributed by atoms with Crippen LogP contribution in [0.3, 0.4) is 0 Å². The fourth-order valence-corrected chi connectivity index (χ4v) is 3.35. The van der Waals surface area contributed by atoms with Crippen molar-refractivity contribution in [2.75, 3.05) is 16.8 Å². The molecule has 27 heavy (non-hydrogen) atoms. The van der Waals surface area contributed by atoms with E-state index in [4.69, 9.17) is 0 Å². The normalized spacial score (nSPS) is 13.1. The Labute approximate surface area is 159 Å². The molecule has 0 radical (unpaired) electrons.